The predicted molar refractivity (Wildman–Crippen MR) is 64.4 cm³/mol. The largest absolute Gasteiger partial charge is 0.334 e. The Labute approximate surface area is 99.6 Å². The summed E-state index contributed by atoms with van der Waals surface area (Å²) in [5, 5.41) is 2.73. The molecule has 1 aliphatic heterocycles. The van der Waals surface area contributed by atoms with E-state index in [4.69, 9.17) is 5.73 Å². The van der Waals surface area contributed by atoms with Gasteiger partial charge in [-0.1, -0.05) is 12.1 Å². The van der Waals surface area contributed by atoms with Crippen molar-refractivity contribution < 1.29 is 9.59 Å². The molecule has 1 saturated heterocycles. The summed E-state index contributed by atoms with van der Waals surface area (Å²) in [6.45, 7) is 2.25. The van der Waals surface area contributed by atoms with Gasteiger partial charge in [0.25, 0.3) is 0 Å². The molecule has 0 aromatic heterocycles. The number of carbonyl (C=O) groups is 2. The van der Waals surface area contributed by atoms with Gasteiger partial charge >= 0.3 is 6.03 Å². The van der Waals surface area contributed by atoms with Crippen LogP contribution in [0.25, 0.3) is 0 Å². The lowest BCUT2D eigenvalue weighted by Crippen LogP contribution is -2.54. The van der Waals surface area contributed by atoms with Gasteiger partial charge in [-0.25, -0.2) is 9.69 Å². The topological polar surface area (TPSA) is 75.4 Å². The van der Waals surface area contributed by atoms with E-state index < -0.39 is 0 Å². The van der Waals surface area contributed by atoms with Crippen LogP contribution in [0.5, 0.6) is 0 Å². The number of nitrogens with one attached hydrogen (secondary N) is 1. The molecule has 3 N–H and O–H groups in total. The van der Waals surface area contributed by atoms with Gasteiger partial charge in [0.2, 0.25) is 5.91 Å². The van der Waals surface area contributed by atoms with Crippen LogP contribution in [0.1, 0.15) is 18.9 Å². The van der Waals surface area contributed by atoms with Crippen molar-refractivity contribution in [3.8, 4) is 0 Å². The van der Waals surface area contributed by atoms with E-state index in [1.165, 1.54) is 4.90 Å². The molecule has 5 nitrogen and oxygen atoms in total. The van der Waals surface area contributed by atoms with Gasteiger partial charge in [0.15, 0.2) is 0 Å². The predicted octanol–water partition coefficient (Wildman–Crippen LogP) is 0.980. The quantitative estimate of drug-likeness (QED) is 0.799. The van der Waals surface area contributed by atoms with E-state index in [0.717, 1.165) is 5.56 Å². The van der Waals surface area contributed by atoms with Gasteiger partial charge in [-0.05, 0) is 24.6 Å². The molecule has 1 heterocycles. The molecule has 1 aliphatic rings. The number of amides is 3. The zero-order chi connectivity index (χ0) is 12.4. The number of hydrogen-bond donors (Lipinski definition) is 2. The summed E-state index contributed by atoms with van der Waals surface area (Å²) in [4.78, 5) is 24.7. The van der Waals surface area contributed by atoms with Crippen molar-refractivity contribution in [1.29, 1.82) is 0 Å². The zero-order valence-corrected chi connectivity index (χ0v) is 9.64. The number of nitrogens with two attached hydrogens (primary N) is 1. The second-order valence-electron chi connectivity index (χ2n) is 4.15. The summed E-state index contributed by atoms with van der Waals surface area (Å²) in [7, 11) is 0. The van der Waals surface area contributed by atoms with Crippen LogP contribution < -0.4 is 16.0 Å². The van der Waals surface area contributed by atoms with Gasteiger partial charge in [-0.15, -0.1) is 0 Å². The number of nitrogens with zero attached hydrogens (tertiary/aromatic N) is 1. The maximum atomic E-state index is 11.8. The zero-order valence-electron chi connectivity index (χ0n) is 9.64. The first-order valence-electron chi connectivity index (χ1n) is 5.54. The van der Waals surface area contributed by atoms with Crippen LogP contribution in [0.3, 0.4) is 0 Å². The van der Waals surface area contributed by atoms with Crippen LogP contribution in [-0.4, -0.2) is 18.0 Å². The van der Waals surface area contributed by atoms with Crippen molar-refractivity contribution in [2.75, 3.05) is 4.90 Å². The summed E-state index contributed by atoms with van der Waals surface area (Å²) in [5.41, 5.74) is 7.04. The Morgan fingerprint density at radius 3 is 2.53 bits per heavy atom. The molecule has 3 amide bonds. The fraction of sp³-hybridized carbons (Fsp3) is 0.333. The number of carbonyl (C=O) groups excluding carboxylic acids is 2. The molecule has 1 unspecified atom stereocenters. The Morgan fingerprint density at radius 1 is 1.35 bits per heavy atom. The summed E-state index contributed by atoms with van der Waals surface area (Å²) in [5.74, 6) is -0.179. The maximum Gasteiger partial charge on any atom is 0.328 e. The lowest BCUT2D eigenvalue weighted by Gasteiger charge is -2.29. The highest BCUT2D eigenvalue weighted by Gasteiger charge is 2.30. The molecule has 1 aromatic rings. The number of imide groups is 1. The van der Waals surface area contributed by atoms with E-state index >= 15 is 0 Å². The molecule has 90 valence electrons. The third kappa shape index (κ3) is 2.29. The van der Waals surface area contributed by atoms with Gasteiger partial charge in [0, 0.05) is 19.0 Å². The molecule has 0 radical (unpaired) electrons. The van der Waals surface area contributed by atoms with Crippen molar-refractivity contribution in [1.82, 2.24) is 5.32 Å². The molecule has 2 rings (SSSR count). The highest BCUT2D eigenvalue weighted by Crippen LogP contribution is 2.19. The molecule has 1 atom stereocenters. The van der Waals surface area contributed by atoms with Crippen LogP contribution in [-0.2, 0) is 11.3 Å². The minimum Gasteiger partial charge on any atom is -0.334 e. The van der Waals surface area contributed by atoms with Gasteiger partial charge in [0.05, 0.1) is 5.69 Å². The SMILES string of the molecule is CC1CC(=O)N(c2ccc(CN)cc2)C(=O)N1. The van der Waals surface area contributed by atoms with Crippen molar-refractivity contribution in [2.24, 2.45) is 5.73 Å². The van der Waals surface area contributed by atoms with Crippen LogP contribution in [0, 0.1) is 0 Å². The van der Waals surface area contributed by atoms with Crippen LogP contribution in [0.2, 0.25) is 0 Å². The van der Waals surface area contributed by atoms with E-state index in [-0.39, 0.29) is 18.0 Å². The summed E-state index contributed by atoms with van der Waals surface area (Å²) < 4.78 is 0. The smallest absolute Gasteiger partial charge is 0.328 e. The van der Waals surface area contributed by atoms with E-state index in [9.17, 15) is 9.59 Å². The molecule has 17 heavy (non-hydrogen) atoms. The number of anilines is 1. The standard InChI is InChI=1S/C12H15N3O2/c1-8-6-11(16)15(12(17)14-8)10-4-2-9(7-13)3-5-10/h2-5,8H,6-7,13H2,1H3,(H,14,17). The van der Waals surface area contributed by atoms with Crippen LogP contribution in [0.4, 0.5) is 10.5 Å². The fourth-order valence-corrected chi connectivity index (χ4v) is 1.84. The molecule has 5 heteroatoms. The Bertz CT molecular complexity index is 424. The highest BCUT2D eigenvalue weighted by molar-refractivity contribution is 6.16. The molecule has 0 bridgehead atoms. The van der Waals surface area contributed by atoms with Crippen molar-refractivity contribution >= 4 is 17.6 Å². The van der Waals surface area contributed by atoms with Gasteiger partial charge in [0.1, 0.15) is 0 Å². The minimum absolute atomic E-state index is 0.102. The Balaban J connectivity index is 2.25. The molecule has 1 fully saturated rings. The number of urea groups is 1. The second kappa shape index (κ2) is 4.55. The normalized spacial score (nSPS) is 20.4. The average Bonchev–Trinajstić information content (AvgIpc) is 2.28. The third-order valence-corrected chi connectivity index (χ3v) is 2.73. The number of hydrogen-bond acceptors (Lipinski definition) is 3. The van der Waals surface area contributed by atoms with Crippen LogP contribution >= 0.6 is 0 Å². The third-order valence-electron chi connectivity index (χ3n) is 2.73. The molecule has 1 aromatic carbocycles. The molecule has 0 spiro atoms. The monoisotopic (exact) mass is 233 g/mol. The number of rotatable bonds is 2. The first-order valence-corrected chi connectivity index (χ1v) is 5.54. The molecular formula is C12H15N3O2. The van der Waals surface area contributed by atoms with Gasteiger partial charge < -0.3 is 11.1 Å². The summed E-state index contributed by atoms with van der Waals surface area (Å²) >= 11 is 0. The van der Waals surface area contributed by atoms with Gasteiger partial charge in [-0.3, -0.25) is 4.79 Å². The van der Waals surface area contributed by atoms with Crippen molar-refractivity contribution in [2.45, 2.75) is 25.9 Å². The van der Waals surface area contributed by atoms with Crippen molar-refractivity contribution in [3.05, 3.63) is 29.8 Å². The van der Waals surface area contributed by atoms with E-state index in [2.05, 4.69) is 5.32 Å². The minimum atomic E-state index is -0.366. The second-order valence-corrected chi connectivity index (χ2v) is 4.15. The lowest BCUT2D eigenvalue weighted by molar-refractivity contribution is -0.118. The van der Waals surface area contributed by atoms with E-state index in [1.54, 1.807) is 12.1 Å². The summed E-state index contributed by atoms with van der Waals surface area (Å²) in [6, 6.07) is 6.62. The van der Waals surface area contributed by atoms with E-state index in [0.29, 0.717) is 18.7 Å². The van der Waals surface area contributed by atoms with E-state index in [1.807, 2.05) is 19.1 Å². The Kier molecular flexibility index (Phi) is 3.10. The number of benzene rings is 1. The fourth-order valence-electron chi connectivity index (χ4n) is 1.84. The van der Waals surface area contributed by atoms with Crippen LogP contribution in [0.15, 0.2) is 24.3 Å². The average molecular weight is 233 g/mol. The Hall–Kier alpha value is -1.88. The highest BCUT2D eigenvalue weighted by atomic mass is 16.2. The molecule has 0 aliphatic carbocycles. The van der Waals surface area contributed by atoms with Crippen molar-refractivity contribution in [3.63, 3.8) is 0 Å². The molecular weight excluding hydrogens is 218 g/mol. The lowest BCUT2D eigenvalue weighted by atomic mass is 10.1. The maximum absolute atomic E-state index is 11.8. The first-order chi connectivity index (χ1) is 8.11. The van der Waals surface area contributed by atoms with Gasteiger partial charge in [-0.2, -0.15) is 0 Å². The first kappa shape index (κ1) is 11.6. The summed E-state index contributed by atoms with van der Waals surface area (Å²) in [6.07, 6.45) is 0.324. The Morgan fingerprint density at radius 2 is 2.00 bits per heavy atom. The molecule has 0 saturated carbocycles.